The van der Waals surface area contributed by atoms with Crippen LogP contribution in [-0.2, 0) is 6.54 Å². The standard InChI is InChI=1S/C17H16ClN3O/c1-20(2)17-19-16(22)14-5-3-4-6-15(14)21(17)11-12-7-9-13(18)10-8-12/h3-10H,11H2,1-2H3. The highest BCUT2D eigenvalue weighted by Gasteiger charge is 2.12. The zero-order valence-corrected chi connectivity index (χ0v) is 13.2. The first kappa shape index (κ1) is 14.6. The van der Waals surface area contributed by atoms with Gasteiger partial charge in [0.15, 0.2) is 0 Å². The summed E-state index contributed by atoms with van der Waals surface area (Å²) in [5, 5.41) is 1.33. The highest BCUT2D eigenvalue weighted by Crippen LogP contribution is 2.19. The molecule has 3 aromatic rings. The molecule has 0 saturated heterocycles. The molecule has 0 atom stereocenters. The molecule has 0 fully saturated rings. The topological polar surface area (TPSA) is 38.1 Å². The van der Waals surface area contributed by atoms with Crippen molar-refractivity contribution in [3.8, 4) is 0 Å². The fourth-order valence-corrected chi connectivity index (χ4v) is 2.60. The molecule has 0 aliphatic carbocycles. The smallest absolute Gasteiger partial charge is 0.282 e. The molecule has 3 rings (SSSR count). The fraction of sp³-hybridized carbons (Fsp3) is 0.176. The van der Waals surface area contributed by atoms with Crippen molar-refractivity contribution in [3.05, 3.63) is 69.5 Å². The third-order valence-electron chi connectivity index (χ3n) is 3.52. The van der Waals surface area contributed by atoms with E-state index in [1.165, 1.54) is 0 Å². The van der Waals surface area contributed by atoms with Crippen molar-refractivity contribution in [1.82, 2.24) is 9.55 Å². The first-order valence-electron chi connectivity index (χ1n) is 6.97. The van der Waals surface area contributed by atoms with Crippen molar-refractivity contribution in [1.29, 1.82) is 0 Å². The van der Waals surface area contributed by atoms with E-state index in [1.54, 1.807) is 0 Å². The molecule has 1 aromatic heterocycles. The highest BCUT2D eigenvalue weighted by atomic mass is 35.5. The number of anilines is 1. The fourth-order valence-electron chi connectivity index (χ4n) is 2.48. The monoisotopic (exact) mass is 313 g/mol. The van der Waals surface area contributed by atoms with Crippen molar-refractivity contribution in [2.24, 2.45) is 0 Å². The van der Waals surface area contributed by atoms with Gasteiger partial charge in [-0.3, -0.25) is 4.79 Å². The number of benzene rings is 2. The summed E-state index contributed by atoms with van der Waals surface area (Å²) < 4.78 is 2.04. The van der Waals surface area contributed by atoms with Gasteiger partial charge in [0.1, 0.15) is 0 Å². The lowest BCUT2D eigenvalue weighted by Gasteiger charge is -2.20. The summed E-state index contributed by atoms with van der Waals surface area (Å²) >= 11 is 5.94. The van der Waals surface area contributed by atoms with Crippen molar-refractivity contribution in [2.75, 3.05) is 19.0 Å². The molecule has 0 bridgehead atoms. The molecule has 112 valence electrons. The van der Waals surface area contributed by atoms with E-state index in [1.807, 2.05) is 72.1 Å². The van der Waals surface area contributed by atoms with E-state index < -0.39 is 0 Å². The van der Waals surface area contributed by atoms with Gasteiger partial charge in [0.2, 0.25) is 5.95 Å². The number of rotatable bonds is 3. The molecule has 0 radical (unpaired) electrons. The quantitative estimate of drug-likeness (QED) is 0.745. The van der Waals surface area contributed by atoms with Crippen LogP contribution in [-0.4, -0.2) is 23.6 Å². The van der Waals surface area contributed by atoms with Crippen molar-refractivity contribution < 1.29 is 0 Å². The van der Waals surface area contributed by atoms with Gasteiger partial charge in [-0.1, -0.05) is 35.9 Å². The predicted octanol–water partition coefficient (Wildman–Crippen LogP) is 3.16. The van der Waals surface area contributed by atoms with Crippen LogP contribution in [0.4, 0.5) is 5.95 Å². The summed E-state index contributed by atoms with van der Waals surface area (Å²) in [6.45, 7) is 0.623. The maximum Gasteiger partial charge on any atom is 0.282 e. The normalized spacial score (nSPS) is 10.9. The molecular formula is C17H16ClN3O. The number of halogens is 1. The largest absolute Gasteiger partial charge is 0.348 e. The number of fused-ring (bicyclic) bond motifs is 1. The molecule has 0 spiro atoms. The summed E-state index contributed by atoms with van der Waals surface area (Å²) in [6.07, 6.45) is 0. The molecule has 0 aliphatic rings. The highest BCUT2D eigenvalue weighted by molar-refractivity contribution is 6.30. The van der Waals surface area contributed by atoms with E-state index in [0.29, 0.717) is 22.9 Å². The van der Waals surface area contributed by atoms with Crippen LogP contribution in [0.25, 0.3) is 10.9 Å². The Kier molecular flexibility index (Phi) is 3.86. The molecule has 0 saturated carbocycles. The Bertz CT molecular complexity index is 869. The third kappa shape index (κ3) is 2.70. The summed E-state index contributed by atoms with van der Waals surface area (Å²) in [7, 11) is 3.77. The van der Waals surface area contributed by atoms with Crippen LogP contribution >= 0.6 is 11.6 Å². The van der Waals surface area contributed by atoms with Crippen molar-refractivity contribution in [2.45, 2.75) is 6.54 Å². The lowest BCUT2D eigenvalue weighted by atomic mass is 10.2. The number of nitrogens with zero attached hydrogens (tertiary/aromatic N) is 3. The summed E-state index contributed by atoms with van der Waals surface area (Å²) in [4.78, 5) is 18.3. The van der Waals surface area contributed by atoms with E-state index in [2.05, 4.69) is 4.98 Å². The second-order valence-electron chi connectivity index (χ2n) is 5.34. The van der Waals surface area contributed by atoms with Gasteiger partial charge in [-0.2, -0.15) is 4.98 Å². The van der Waals surface area contributed by atoms with Gasteiger partial charge in [-0.25, -0.2) is 0 Å². The maximum absolute atomic E-state index is 12.2. The Morgan fingerprint density at radius 3 is 2.45 bits per heavy atom. The average molecular weight is 314 g/mol. The van der Waals surface area contributed by atoms with Crippen LogP contribution in [0.1, 0.15) is 5.56 Å². The molecule has 2 aromatic carbocycles. The second-order valence-corrected chi connectivity index (χ2v) is 5.78. The first-order valence-corrected chi connectivity index (χ1v) is 7.35. The Morgan fingerprint density at radius 1 is 1.09 bits per heavy atom. The van der Waals surface area contributed by atoms with E-state index >= 15 is 0 Å². The van der Waals surface area contributed by atoms with Crippen LogP contribution in [0.15, 0.2) is 53.3 Å². The molecular weight excluding hydrogens is 298 g/mol. The number of aromatic nitrogens is 2. The first-order chi connectivity index (χ1) is 10.6. The lowest BCUT2D eigenvalue weighted by molar-refractivity contribution is 0.775. The minimum atomic E-state index is -0.202. The molecule has 4 nitrogen and oxygen atoms in total. The Hall–Kier alpha value is -2.33. The molecule has 0 amide bonds. The number of hydrogen-bond donors (Lipinski definition) is 0. The van der Waals surface area contributed by atoms with Crippen LogP contribution in [0.2, 0.25) is 5.02 Å². The lowest BCUT2D eigenvalue weighted by Crippen LogP contribution is -2.24. The zero-order chi connectivity index (χ0) is 15.7. The van der Waals surface area contributed by atoms with Gasteiger partial charge in [0, 0.05) is 19.1 Å². The average Bonchev–Trinajstić information content (AvgIpc) is 2.52. The molecule has 0 unspecified atom stereocenters. The van der Waals surface area contributed by atoms with Gasteiger partial charge in [0.25, 0.3) is 5.56 Å². The Balaban J connectivity index is 2.21. The predicted molar refractivity (Wildman–Crippen MR) is 90.9 cm³/mol. The third-order valence-corrected chi connectivity index (χ3v) is 3.77. The van der Waals surface area contributed by atoms with E-state index in [0.717, 1.165) is 11.1 Å². The van der Waals surface area contributed by atoms with Crippen LogP contribution in [0, 0.1) is 0 Å². The Labute approximate surface area is 133 Å². The van der Waals surface area contributed by atoms with E-state index in [-0.39, 0.29) is 5.56 Å². The van der Waals surface area contributed by atoms with Gasteiger partial charge in [0.05, 0.1) is 17.4 Å². The Morgan fingerprint density at radius 2 is 1.77 bits per heavy atom. The van der Waals surface area contributed by atoms with E-state index in [9.17, 15) is 4.79 Å². The number of para-hydroxylation sites is 1. The summed E-state index contributed by atoms with van der Waals surface area (Å²) in [5.74, 6) is 0.638. The van der Waals surface area contributed by atoms with Gasteiger partial charge >= 0.3 is 0 Å². The molecule has 1 heterocycles. The van der Waals surface area contributed by atoms with Gasteiger partial charge in [-0.15, -0.1) is 0 Å². The minimum absolute atomic E-state index is 0.202. The molecule has 5 heteroatoms. The molecule has 0 aliphatic heterocycles. The molecule has 0 N–H and O–H groups in total. The van der Waals surface area contributed by atoms with Crippen LogP contribution in [0.3, 0.4) is 0 Å². The summed E-state index contributed by atoms with van der Waals surface area (Å²) in [6, 6.07) is 15.2. The second kappa shape index (κ2) is 5.81. The maximum atomic E-state index is 12.2. The molecule has 22 heavy (non-hydrogen) atoms. The minimum Gasteiger partial charge on any atom is -0.348 e. The SMILES string of the molecule is CN(C)c1nc(=O)c2ccccc2n1Cc1ccc(Cl)cc1. The van der Waals surface area contributed by atoms with Gasteiger partial charge < -0.3 is 9.47 Å². The van der Waals surface area contributed by atoms with Gasteiger partial charge in [-0.05, 0) is 29.8 Å². The summed E-state index contributed by atoms with van der Waals surface area (Å²) in [5.41, 5.74) is 1.77. The van der Waals surface area contributed by atoms with E-state index in [4.69, 9.17) is 11.6 Å². The number of hydrogen-bond acceptors (Lipinski definition) is 3. The van der Waals surface area contributed by atoms with Crippen molar-refractivity contribution >= 4 is 28.5 Å². The van der Waals surface area contributed by atoms with Crippen molar-refractivity contribution in [3.63, 3.8) is 0 Å². The van der Waals surface area contributed by atoms with Crippen LogP contribution < -0.4 is 10.5 Å². The van der Waals surface area contributed by atoms with Crippen LogP contribution in [0.5, 0.6) is 0 Å². The zero-order valence-electron chi connectivity index (χ0n) is 12.5.